The number of hydrogen-bond acceptors (Lipinski definition) is 3. The van der Waals surface area contributed by atoms with Gasteiger partial charge in [-0.05, 0) is 42.9 Å². The number of benzene rings is 1. The van der Waals surface area contributed by atoms with E-state index in [2.05, 4.69) is 19.7 Å². The first-order valence-electron chi connectivity index (χ1n) is 10.2. The third-order valence-corrected chi connectivity index (χ3v) is 8.43. The van der Waals surface area contributed by atoms with Crippen molar-refractivity contribution in [2.75, 3.05) is 20.1 Å². The maximum atomic E-state index is 12.3. The van der Waals surface area contributed by atoms with Crippen molar-refractivity contribution in [2.45, 2.75) is 61.7 Å². The summed E-state index contributed by atoms with van der Waals surface area (Å²) in [6, 6.07) is 4.05. The van der Waals surface area contributed by atoms with Gasteiger partial charge in [-0.15, -0.1) is 0 Å². The highest BCUT2D eigenvalue weighted by Crippen LogP contribution is 2.67. The average molecular weight is 354 g/mol. The molecule has 2 N–H and O–H groups in total. The molecule has 3 fully saturated rings. The van der Waals surface area contributed by atoms with Crippen LogP contribution in [0.15, 0.2) is 24.3 Å². The van der Waals surface area contributed by atoms with Crippen LogP contribution in [0.4, 0.5) is 0 Å². The number of rotatable bonds is 2. The van der Waals surface area contributed by atoms with Crippen LogP contribution in [0.25, 0.3) is 0 Å². The number of piperidine rings is 1. The van der Waals surface area contributed by atoms with E-state index < -0.39 is 11.0 Å². The molecule has 5 aliphatic rings. The number of phenolic OH excluding ortho intramolecular Hbond substituents is 1. The molecule has 0 radical (unpaired) electrons. The zero-order valence-corrected chi connectivity index (χ0v) is 15.5. The fourth-order valence-electron chi connectivity index (χ4n) is 7.07. The lowest BCUT2D eigenvalue weighted by atomic mass is 9.48. The standard InChI is InChI=1S/C22H27NO3/c1-13-7-8-22(25)17-11-15-5-6-16(24)19-18(15)21(22,20(13)26-19)9-10-23(17,2)12-14-3-4-14/h5-6,14,17,20,25H,1,3-4,7-12H2,2H3/p+1/t17?,20?,21-,22?,23-/m1/s1. The number of nitrogens with zero attached hydrogens (tertiary/aromatic N) is 1. The normalized spacial score (nSPS) is 45.2. The number of likely N-dealkylation sites (N-methyl/N-ethyl adjacent to an activating group) is 1. The van der Waals surface area contributed by atoms with Crippen LogP contribution in [-0.2, 0) is 11.8 Å². The summed E-state index contributed by atoms with van der Waals surface area (Å²) in [6.45, 7) is 6.57. The van der Waals surface area contributed by atoms with Crippen LogP contribution in [0.3, 0.4) is 0 Å². The zero-order chi connectivity index (χ0) is 17.9. The minimum absolute atomic E-state index is 0.194. The first-order chi connectivity index (χ1) is 12.4. The fourth-order valence-corrected chi connectivity index (χ4v) is 7.07. The number of likely N-dealkylation sites (tertiary alicyclic amines) is 1. The van der Waals surface area contributed by atoms with Crippen LogP contribution in [-0.4, -0.2) is 52.6 Å². The summed E-state index contributed by atoms with van der Waals surface area (Å²) in [6.07, 6.45) is 5.88. The lowest BCUT2D eigenvalue weighted by Gasteiger charge is -2.65. The second-order valence-electron chi connectivity index (χ2n) is 9.80. The Morgan fingerprint density at radius 2 is 2.12 bits per heavy atom. The maximum absolute atomic E-state index is 12.3. The Balaban J connectivity index is 1.60. The lowest BCUT2D eigenvalue weighted by Crippen LogP contribution is -2.80. The summed E-state index contributed by atoms with van der Waals surface area (Å²) in [5.41, 5.74) is 2.25. The first-order valence-corrected chi connectivity index (χ1v) is 10.2. The van der Waals surface area contributed by atoms with E-state index >= 15 is 0 Å². The van der Waals surface area contributed by atoms with Gasteiger partial charge >= 0.3 is 0 Å². The van der Waals surface area contributed by atoms with E-state index in [1.54, 1.807) is 6.07 Å². The van der Waals surface area contributed by atoms with Crippen molar-refractivity contribution >= 4 is 0 Å². The molecule has 0 aromatic heterocycles. The molecule has 2 bridgehead atoms. The van der Waals surface area contributed by atoms with Crippen molar-refractivity contribution in [3.05, 3.63) is 35.4 Å². The van der Waals surface area contributed by atoms with E-state index in [1.807, 2.05) is 0 Å². The summed E-state index contributed by atoms with van der Waals surface area (Å²) in [4.78, 5) is 0. The van der Waals surface area contributed by atoms with E-state index in [0.29, 0.717) is 5.75 Å². The highest BCUT2D eigenvalue weighted by Gasteiger charge is 2.75. The molecule has 26 heavy (non-hydrogen) atoms. The van der Waals surface area contributed by atoms with Crippen molar-refractivity contribution in [3.8, 4) is 11.5 Å². The second kappa shape index (κ2) is 4.48. The van der Waals surface area contributed by atoms with Gasteiger partial charge in [-0.2, -0.15) is 0 Å². The van der Waals surface area contributed by atoms with Gasteiger partial charge in [-0.25, -0.2) is 0 Å². The van der Waals surface area contributed by atoms with Gasteiger partial charge in [0.1, 0.15) is 17.7 Å². The Morgan fingerprint density at radius 1 is 1.31 bits per heavy atom. The van der Waals surface area contributed by atoms with Gasteiger partial charge in [0, 0.05) is 24.3 Å². The number of phenols is 1. The lowest BCUT2D eigenvalue weighted by molar-refractivity contribution is -0.950. The third-order valence-electron chi connectivity index (χ3n) is 8.43. The van der Waals surface area contributed by atoms with E-state index in [-0.39, 0.29) is 17.9 Å². The van der Waals surface area contributed by atoms with Crippen LogP contribution < -0.4 is 4.74 Å². The molecule has 1 aromatic carbocycles. The van der Waals surface area contributed by atoms with Gasteiger partial charge in [0.25, 0.3) is 0 Å². The van der Waals surface area contributed by atoms with Crippen LogP contribution in [0.1, 0.15) is 43.2 Å². The van der Waals surface area contributed by atoms with Gasteiger partial charge in [0.2, 0.25) is 0 Å². The van der Waals surface area contributed by atoms with Gasteiger partial charge < -0.3 is 19.4 Å². The highest BCUT2D eigenvalue weighted by atomic mass is 16.5. The Morgan fingerprint density at radius 3 is 2.88 bits per heavy atom. The number of quaternary nitrogens is 1. The molecular formula is C22H28NO3+. The Hall–Kier alpha value is -1.52. The molecule has 4 heteroatoms. The minimum atomic E-state index is -0.771. The van der Waals surface area contributed by atoms with Crippen LogP contribution >= 0.6 is 0 Å². The van der Waals surface area contributed by atoms with Crippen molar-refractivity contribution in [2.24, 2.45) is 5.92 Å². The Kier molecular flexibility index (Phi) is 2.67. The molecule has 3 unspecified atom stereocenters. The maximum Gasteiger partial charge on any atom is 0.166 e. The summed E-state index contributed by atoms with van der Waals surface area (Å²) in [7, 11) is 2.37. The van der Waals surface area contributed by atoms with Crippen LogP contribution in [0.5, 0.6) is 11.5 Å². The molecule has 0 amide bonds. The summed E-state index contributed by atoms with van der Waals surface area (Å²) in [5.74, 6) is 1.66. The molecule has 6 rings (SSSR count). The van der Waals surface area contributed by atoms with Crippen molar-refractivity contribution < 1.29 is 19.4 Å². The highest BCUT2D eigenvalue weighted by molar-refractivity contribution is 5.63. The molecule has 2 heterocycles. The van der Waals surface area contributed by atoms with Gasteiger partial charge in [-0.3, -0.25) is 0 Å². The first kappa shape index (κ1) is 15.5. The molecule has 2 saturated carbocycles. The predicted octanol–water partition coefficient (Wildman–Crippen LogP) is 2.66. The average Bonchev–Trinajstić information content (AvgIpc) is 3.32. The summed E-state index contributed by atoms with van der Waals surface area (Å²) >= 11 is 0. The largest absolute Gasteiger partial charge is 0.504 e. The van der Waals surface area contributed by atoms with E-state index in [4.69, 9.17) is 4.74 Å². The number of hydrogen-bond donors (Lipinski definition) is 2. The van der Waals surface area contributed by atoms with Gasteiger partial charge in [0.05, 0.1) is 25.6 Å². The number of ether oxygens (including phenoxy) is 1. The zero-order valence-electron chi connectivity index (χ0n) is 15.5. The molecule has 138 valence electrons. The molecular weight excluding hydrogens is 326 g/mol. The Labute approximate surface area is 154 Å². The van der Waals surface area contributed by atoms with E-state index in [0.717, 1.165) is 53.8 Å². The van der Waals surface area contributed by atoms with Crippen LogP contribution in [0, 0.1) is 5.92 Å². The Bertz CT molecular complexity index is 846. The van der Waals surface area contributed by atoms with Gasteiger partial charge in [-0.1, -0.05) is 12.6 Å². The third kappa shape index (κ3) is 1.56. The monoisotopic (exact) mass is 354 g/mol. The minimum Gasteiger partial charge on any atom is -0.504 e. The quantitative estimate of drug-likeness (QED) is 0.634. The molecule has 3 aliphatic carbocycles. The molecule has 1 spiro atoms. The molecule has 1 saturated heterocycles. The number of aromatic hydroxyl groups is 1. The van der Waals surface area contributed by atoms with E-state index in [1.165, 1.54) is 24.9 Å². The summed E-state index contributed by atoms with van der Waals surface area (Å²) < 4.78 is 7.32. The van der Waals surface area contributed by atoms with Gasteiger partial charge in [0.15, 0.2) is 11.5 Å². The second-order valence-corrected chi connectivity index (χ2v) is 9.80. The predicted molar refractivity (Wildman–Crippen MR) is 98.3 cm³/mol. The molecule has 2 aliphatic heterocycles. The topological polar surface area (TPSA) is 49.7 Å². The van der Waals surface area contributed by atoms with Crippen LogP contribution in [0.2, 0.25) is 0 Å². The fraction of sp³-hybridized carbons (Fsp3) is 0.636. The van der Waals surface area contributed by atoms with Crippen molar-refractivity contribution in [1.82, 2.24) is 0 Å². The molecule has 5 atom stereocenters. The summed E-state index contributed by atoms with van der Waals surface area (Å²) in [5, 5.41) is 22.7. The van der Waals surface area contributed by atoms with E-state index in [9.17, 15) is 10.2 Å². The SMILES string of the molecule is C=C1CCC2(O)C3Cc4ccc(O)c5c4[C@]2(CC[N@+]3(C)CC2CC2)C1O5. The molecule has 1 aromatic rings. The smallest absolute Gasteiger partial charge is 0.166 e. The molecule has 4 nitrogen and oxygen atoms in total. The van der Waals surface area contributed by atoms with Crippen molar-refractivity contribution in [3.63, 3.8) is 0 Å². The number of aliphatic hydroxyl groups is 1. The van der Waals surface area contributed by atoms with Crippen molar-refractivity contribution in [1.29, 1.82) is 0 Å².